The zero-order chi connectivity index (χ0) is 18.4. The van der Waals surface area contributed by atoms with Crippen LogP contribution in [0.5, 0.6) is 0 Å². The molecule has 0 spiro atoms. The average molecular weight is 374 g/mol. The number of urea groups is 1. The van der Waals surface area contributed by atoms with Crippen molar-refractivity contribution in [3.63, 3.8) is 0 Å². The molecule has 0 bridgehead atoms. The van der Waals surface area contributed by atoms with Crippen LogP contribution in [0.25, 0.3) is 0 Å². The van der Waals surface area contributed by atoms with Crippen LogP contribution in [0, 0.1) is 0 Å². The highest BCUT2D eigenvalue weighted by Gasteiger charge is 2.16. The summed E-state index contributed by atoms with van der Waals surface area (Å²) in [5.74, 6) is -0.225. The Bertz CT molecular complexity index is 757. The third kappa shape index (κ3) is 5.21. The second-order valence-electron chi connectivity index (χ2n) is 6.01. The molecule has 7 heteroatoms. The summed E-state index contributed by atoms with van der Waals surface area (Å²) in [4.78, 5) is 24.0. The summed E-state index contributed by atoms with van der Waals surface area (Å²) in [5, 5.41) is 8.91. The van der Waals surface area contributed by atoms with Crippen molar-refractivity contribution < 1.29 is 14.3 Å². The molecule has 0 aromatic heterocycles. The lowest BCUT2D eigenvalue weighted by Gasteiger charge is -2.12. The number of anilines is 2. The molecule has 1 unspecified atom stereocenters. The van der Waals surface area contributed by atoms with Gasteiger partial charge >= 0.3 is 6.03 Å². The maximum Gasteiger partial charge on any atom is 0.319 e. The minimum Gasteiger partial charge on any atom is -0.376 e. The van der Waals surface area contributed by atoms with Gasteiger partial charge in [-0.3, -0.25) is 4.79 Å². The molecule has 0 radical (unpaired) electrons. The largest absolute Gasteiger partial charge is 0.376 e. The van der Waals surface area contributed by atoms with Gasteiger partial charge < -0.3 is 20.7 Å². The van der Waals surface area contributed by atoms with Crippen molar-refractivity contribution in [1.82, 2.24) is 5.32 Å². The van der Waals surface area contributed by atoms with Gasteiger partial charge in [-0.1, -0.05) is 11.6 Å². The van der Waals surface area contributed by atoms with Crippen molar-refractivity contribution >= 4 is 34.9 Å². The van der Waals surface area contributed by atoms with Crippen LogP contribution < -0.4 is 16.0 Å². The van der Waals surface area contributed by atoms with Crippen molar-refractivity contribution in [2.75, 3.05) is 23.8 Å². The highest BCUT2D eigenvalue weighted by molar-refractivity contribution is 6.30. The molecule has 1 atom stereocenters. The van der Waals surface area contributed by atoms with Gasteiger partial charge in [-0.15, -0.1) is 0 Å². The lowest BCUT2D eigenvalue weighted by Crippen LogP contribution is -2.35. The fourth-order valence-electron chi connectivity index (χ4n) is 2.63. The number of nitrogens with one attached hydrogen (secondary N) is 3. The molecule has 2 aromatic rings. The SMILES string of the molecule is O=C(NCC1CCCO1)Nc1ccc(NC(=O)c2ccc(Cl)cc2)cc1. The van der Waals surface area contributed by atoms with Crippen molar-refractivity contribution in [2.45, 2.75) is 18.9 Å². The summed E-state index contributed by atoms with van der Waals surface area (Å²) in [6, 6.07) is 13.3. The van der Waals surface area contributed by atoms with Gasteiger partial charge in [-0.25, -0.2) is 4.79 Å². The molecular weight excluding hydrogens is 354 g/mol. The molecule has 3 amide bonds. The number of carbonyl (C=O) groups is 2. The molecule has 1 aliphatic rings. The second kappa shape index (κ2) is 8.69. The summed E-state index contributed by atoms with van der Waals surface area (Å²) in [6.45, 7) is 1.26. The van der Waals surface area contributed by atoms with E-state index in [1.165, 1.54) is 0 Å². The Labute approximate surface area is 156 Å². The van der Waals surface area contributed by atoms with Gasteiger partial charge in [0.15, 0.2) is 0 Å². The Balaban J connectivity index is 1.48. The number of amides is 3. The molecule has 0 aliphatic carbocycles. The monoisotopic (exact) mass is 373 g/mol. The third-order valence-corrected chi connectivity index (χ3v) is 4.27. The standard InChI is InChI=1S/C19H20ClN3O3/c20-14-5-3-13(4-6-14)18(24)22-15-7-9-16(10-8-15)23-19(25)21-12-17-2-1-11-26-17/h3-10,17H,1-2,11-12H2,(H,22,24)(H2,21,23,25). The third-order valence-electron chi connectivity index (χ3n) is 4.02. The molecule has 1 saturated heterocycles. The number of benzene rings is 2. The van der Waals surface area contributed by atoms with Crippen LogP contribution in [0.4, 0.5) is 16.2 Å². The van der Waals surface area contributed by atoms with E-state index in [2.05, 4.69) is 16.0 Å². The molecule has 1 aliphatic heterocycles. The Hall–Kier alpha value is -2.57. The maximum absolute atomic E-state index is 12.2. The van der Waals surface area contributed by atoms with E-state index < -0.39 is 0 Å². The first kappa shape index (κ1) is 18.2. The molecular formula is C19H20ClN3O3. The van der Waals surface area contributed by atoms with E-state index in [0.717, 1.165) is 19.4 Å². The van der Waals surface area contributed by atoms with Crippen LogP contribution >= 0.6 is 11.6 Å². The second-order valence-corrected chi connectivity index (χ2v) is 6.44. The van der Waals surface area contributed by atoms with Crippen molar-refractivity contribution in [2.24, 2.45) is 0 Å². The summed E-state index contributed by atoms with van der Waals surface area (Å²) in [6.07, 6.45) is 2.12. The highest BCUT2D eigenvalue weighted by atomic mass is 35.5. The van der Waals surface area contributed by atoms with Gasteiger partial charge in [-0.05, 0) is 61.4 Å². The van der Waals surface area contributed by atoms with Gasteiger partial charge in [0.25, 0.3) is 5.91 Å². The topological polar surface area (TPSA) is 79.5 Å². The molecule has 0 saturated carbocycles. The van der Waals surface area contributed by atoms with Crippen LogP contribution in [0.3, 0.4) is 0 Å². The van der Waals surface area contributed by atoms with Gasteiger partial charge in [0, 0.05) is 35.1 Å². The Morgan fingerprint density at radius 1 is 1.00 bits per heavy atom. The fourth-order valence-corrected chi connectivity index (χ4v) is 2.75. The minimum atomic E-state index is -0.279. The van der Waals surface area contributed by atoms with E-state index in [1.54, 1.807) is 48.5 Å². The molecule has 26 heavy (non-hydrogen) atoms. The maximum atomic E-state index is 12.2. The number of hydrogen-bond donors (Lipinski definition) is 3. The number of halogens is 1. The Morgan fingerprint density at radius 2 is 1.65 bits per heavy atom. The zero-order valence-corrected chi connectivity index (χ0v) is 14.9. The number of ether oxygens (including phenoxy) is 1. The van der Waals surface area contributed by atoms with Crippen LogP contribution in [-0.4, -0.2) is 31.2 Å². The van der Waals surface area contributed by atoms with Crippen LogP contribution in [0.15, 0.2) is 48.5 Å². The van der Waals surface area contributed by atoms with Gasteiger partial charge in [0.05, 0.1) is 6.10 Å². The van der Waals surface area contributed by atoms with Crippen LogP contribution in [0.2, 0.25) is 5.02 Å². The lowest BCUT2D eigenvalue weighted by molar-refractivity contribution is 0.102. The molecule has 2 aromatic carbocycles. The summed E-state index contributed by atoms with van der Waals surface area (Å²) in [5.41, 5.74) is 1.79. The Kier molecular flexibility index (Phi) is 6.09. The first-order chi connectivity index (χ1) is 12.6. The van der Waals surface area contributed by atoms with E-state index in [4.69, 9.17) is 16.3 Å². The van der Waals surface area contributed by atoms with E-state index in [1.807, 2.05) is 0 Å². The molecule has 3 N–H and O–H groups in total. The van der Waals surface area contributed by atoms with Crippen LogP contribution in [-0.2, 0) is 4.74 Å². The molecule has 6 nitrogen and oxygen atoms in total. The highest BCUT2D eigenvalue weighted by Crippen LogP contribution is 2.16. The number of rotatable bonds is 5. The van der Waals surface area contributed by atoms with Crippen molar-refractivity contribution in [1.29, 1.82) is 0 Å². The van der Waals surface area contributed by atoms with Crippen LogP contribution in [0.1, 0.15) is 23.2 Å². The average Bonchev–Trinajstić information content (AvgIpc) is 3.16. The van der Waals surface area contributed by atoms with Gasteiger partial charge in [0.1, 0.15) is 0 Å². The summed E-state index contributed by atoms with van der Waals surface area (Å²) >= 11 is 5.82. The first-order valence-corrected chi connectivity index (χ1v) is 8.81. The predicted octanol–water partition coefficient (Wildman–Crippen LogP) is 3.89. The first-order valence-electron chi connectivity index (χ1n) is 8.43. The number of carbonyl (C=O) groups excluding carboxylic acids is 2. The van der Waals surface area contributed by atoms with E-state index in [0.29, 0.717) is 28.5 Å². The quantitative estimate of drug-likeness (QED) is 0.743. The molecule has 1 fully saturated rings. The summed E-state index contributed by atoms with van der Waals surface area (Å²) in [7, 11) is 0. The van der Waals surface area contributed by atoms with E-state index in [9.17, 15) is 9.59 Å². The van der Waals surface area contributed by atoms with Crippen molar-refractivity contribution in [3.8, 4) is 0 Å². The van der Waals surface area contributed by atoms with Gasteiger partial charge in [0.2, 0.25) is 0 Å². The van der Waals surface area contributed by atoms with Gasteiger partial charge in [-0.2, -0.15) is 0 Å². The zero-order valence-electron chi connectivity index (χ0n) is 14.1. The summed E-state index contributed by atoms with van der Waals surface area (Å²) < 4.78 is 5.46. The van der Waals surface area contributed by atoms with E-state index >= 15 is 0 Å². The van der Waals surface area contributed by atoms with Crippen molar-refractivity contribution in [3.05, 3.63) is 59.1 Å². The molecule has 136 valence electrons. The Morgan fingerprint density at radius 3 is 2.27 bits per heavy atom. The normalized spacial score (nSPS) is 16.1. The number of hydrogen-bond acceptors (Lipinski definition) is 3. The fraction of sp³-hybridized carbons (Fsp3) is 0.263. The van der Waals surface area contributed by atoms with E-state index in [-0.39, 0.29) is 18.0 Å². The molecule has 3 rings (SSSR count). The molecule has 1 heterocycles. The predicted molar refractivity (Wildman–Crippen MR) is 102 cm³/mol. The lowest BCUT2D eigenvalue weighted by atomic mass is 10.2. The smallest absolute Gasteiger partial charge is 0.319 e. The minimum absolute atomic E-state index is 0.103.